The molecular formula is C12H20S. The lowest BCUT2D eigenvalue weighted by molar-refractivity contribution is 0.737. The van der Waals surface area contributed by atoms with Crippen LogP contribution in [0.15, 0.2) is 22.1 Å². The molecule has 0 saturated carbocycles. The predicted octanol–water partition coefficient (Wildman–Crippen LogP) is 4.39. The van der Waals surface area contributed by atoms with Gasteiger partial charge in [-0.2, -0.15) is 0 Å². The Hall–Kier alpha value is -0.170. The van der Waals surface area contributed by atoms with E-state index in [0.29, 0.717) is 0 Å². The molecule has 0 bridgehead atoms. The summed E-state index contributed by atoms with van der Waals surface area (Å²) in [6, 6.07) is 0. The minimum absolute atomic E-state index is 0.727. The van der Waals surface area contributed by atoms with Gasteiger partial charge in [0.15, 0.2) is 0 Å². The number of allylic oxidation sites excluding steroid dienone is 3. The van der Waals surface area contributed by atoms with Gasteiger partial charge in [0.1, 0.15) is 0 Å². The molecular weight excluding hydrogens is 176 g/mol. The monoisotopic (exact) mass is 196 g/mol. The zero-order chi connectivity index (χ0) is 9.84. The van der Waals surface area contributed by atoms with Crippen molar-refractivity contribution >= 4 is 11.8 Å². The van der Waals surface area contributed by atoms with Gasteiger partial charge in [0, 0.05) is 10.7 Å². The second kappa shape index (κ2) is 4.90. The van der Waals surface area contributed by atoms with E-state index in [2.05, 4.69) is 33.8 Å². The average molecular weight is 196 g/mol. The van der Waals surface area contributed by atoms with Crippen LogP contribution in [-0.4, -0.2) is 5.75 Å². The zero-order valence-corrected chi connectivity index (χ0v) is 10.0. The second-order valence-corrected chi connectivity index (χ2v) is 5.01. The van der Waals surface area contributed by atoms with Gasteiger partial charge in [-0.05, 0) is 31.3 Å². The third kappa shape index (κ3) is 2.63. The van der Waals surface area contributed by atoms with Crippen LogP contribution >= 0.6 is 11.8 Å². The fourth-order valence-corrected chi connectivity index (χ4v) is 3.15. The molecule has 74 valence electrons. The molecule has 1 heterocycles. The van der Waals surface area contributed by atoms with Crippen molar-refractivity contribution < 1.29 is 0 Å². The van der Waals surface area contributed by atoms with Gasteiger partial charge in [-0.3, -0.25) is 0 Å². The van der Waals surface area contributed by atoms with E-state index in [1.54, 1.807) is 10.5 Å². The Labute approximate surface area is 86.5 Å². The first-order chi connectivity index (χ1) is 6.16. The van der Waals surface area contributed by atoms with E-state index in [1.807, 2.05) is 11.8 Å². The molecule has 0 amide bonds. The standard InChI is InChI=1S/C12H20S/c1-5-6-10(4)12-11(9(2)3)7-8-13-12/h6,9H,5,7-8H2,1-4H3. The van der Waals surface area contributed by atoms with Crippen LogP contribution in [0.25, 0.3) is 0 Å². The van der Waals surface area contributed by atoms with Crippen molar-refractivity contribution in [2.75, 3.05) is 5.75 Å². The fraction of sp³-hybridized carbons (Fsp3) is 0.667. The third-order valence-corrected chi connectivity index (χ3v) is 3.76. The van der Waals surface area contributed by atoms with Crippen LogP contribution in [-0.2, 0) is 0 Å². The van der Waals surface area contributed by atoms with Crippen LogP contribution in [0.1, 0.15) is 40.5 Å². The maximum absolute atomic E-state index is 2.34. The molecule has 0 radical (unpaired) electrons. The maximum Gasteiger partial charge on any atom is 0.00930 e. The van der Waals surface area contributed by atoms with Crippen molar-refractivity contribution in [1.82, 2.24) is 0 Å². The van der Waals surface area contributed by atoms with E-state index >= 15 is 0 Å². The van der Waals surface area contributed by atoms with E-state index in [9.17, 15) is 0 Å². The molecule has 13 heavy (non-hydrogen) atoms. The van der Waals surface area contributed by atoms with Crippen molar-refractivity contribution in [3.05, 3.63) is 22.1 Å². The van der Waals surface area contributed by atoms with Gasteiger partial charge in [-0.15, -0.1) is 11.8 Å². The molecule has 1 aliphatic heterocycles. The van der Waals surface area contributed by atoms with Gasteiger partial charge in [-0.25, -0.2) is 0 Å². The van der Waals surface area contributed by atoms with Gasteiger partial charge in [0.05, 0.1) is 0 Å². The fourth-order valence-electron chi connectivity index (χ4n) is 1.79. The number of thioether (sulfide) groups is 1. The van der Waals surface area contributed by atoms with Crippen molar-refractivity contribution in [3.63, 3.8) is 0 Å². The maximum atomic E-state index is 2.34. The van der Waals surface area contributed by atoms with Crippen molar-refractivity contribution in [2.24, 2.45) is 5.92 Å². The lowest BCUT2D eigenvalue weighted by atomic mass is 9.98. The molecule has 0 saturated heterocycles. The molecule has 1 heteroatoms. The van der Waals surface area contributed by atoms with Gasteiger partial charge in [0.2, 0.25) is 0 Å². The third-order valence-electron chi connectivity index (χ3n) is 2.47. The van der Waals surface area contributed by atoms with E-state index in [0.717, 1.165) is 12.3 Å². The minimum atomic E-state index is 0.727. The zero-order valence-electron chi connectivity index (χ0n) is 9.18. The molecule has 0 fully saturated rings. The van der Waals surface area contributed by atoms with Gasteiger partial charge >= 0.3 is 0 Å². The van der Waals surface area contributed by atoms with E-state index in [4.69, 9.17) is 0 Å². The first-order valence-electron chi connectivity index (χ1n) is 5.19. The molecule has 0 spiro atoms. The molecule has 1 aliphatic rings. The highest BCUT2D eigenvalue weighted by Crippen LogP contribution is 2.39. The minimum Gasteiger partial charge on any atom is -0.126 e. The van der Waals surface area contributed by atoms with Crippen LogP contribution in [0.5, 0.6) is 0 Å². The van der Waals surface area contributed by atoms with Crippen molar-refractivity contribution in [1.29, 1.82) is 0 Å². The summed E-state index contributed by atoms with van der Waals surface area (Å²) >= 11 is 2.04. The molecule has 0 atom stereocenters. The number of hydrogen-bond donors (Lipinski definition) is 0. The Balaban J connectivity index is 2.87. The molecule has 0 aromatic rings. The first kappa shape index (κ1) is 10.9. The largest absolute Gasteiger partial charge is 0.126 e. The molecule has 0 nitrogen and oxygen atoms in total. The van der Waals surface area contributed by atoms with E-state index in [1.165, 1.54) is 17.7 Å². The number of rotatable bonds is 3. The first-order valence-corrected chi connectivity index (χ1v) is 6.18. The predicted molar refractivity (Wildman–Crippen MR) is 63.0 cm³/mol. The summed E-state index contributed by atoms with van der Waals surface area (Å²) in [5.74, 6) is 2.02. The van der Waals surface area contributed by atoms with Crippen LogP contribution in [0.2, 0.25) is 0 Å². The van der Waals surface area contributed by atoms with Gasteiger partial charge in [-0.1, -0.05) is 32.4 Å². The Kier molecular flexibility index (Phi) is 4.11. The average Bonchev–Trinajstić information content (AvgIpc) is 2.52. The highest BCUT2D eigenvalue weighted by Gasteiger charge is 2.18. The lowest BCUT2D eigenvalue weighted by Gasteiger charge is -2.10. The van der Waals surface area contributed by atoms with Gasteiger partial charge in [0.25, 0.3) is 0 Å². The Morgan fingerprint density at radius 2 is 2.23 bits per heavy atom. The Morgan fingerprint density at radius 1 is 1.54 bits per heavy atom. The molecule has 0 N–H and O–H groups in total. The van der Waals surface area contributed by atoms with Crippen LogP contribution < -0.4 is 0 Å². The highest BCUT2D eigenvalue weighted by atomic mass is 32.2. The van der Waals surface area contributed by atoms with Crippen LogP contribution in [0.3, 0.4) is 0 Å². The summed E-state index contributed by atoms with van der Waals surface area (Å²) < 4.78 is 0. The SMILES string of the molecule is CCC=C(C)C1=C(C(C)C)CCS1. The smallest absolute Gasteiger partial charge is 0.00930 e. The van der Waals surface area contributed by atoms with Crippen LogP contribution in [0.4, 0.5) is 0 Å². The summed E-state index contributed by atoms with van der Waals surface area (Å²) in [6.45, 7) is 9.07. The molecule has 1 rings (SSSR count). The Bertz CT molecular complexity index is 234. The Morgan fingerprint density at radius 3 is 2.77 bits per heavy atom. The summed E-state index contributed by atoms with van der Waals surface area (Å²) in [6.07, 6.45) is 4.80. The van der Waals surface area contributed by atoms with Gasteiger partial charge < -0.3 is 0 Å². The quantitative estimate of drug-likeness (QED) is 0.645. The number of hydrogen-bond acceptors (Lipinski definition) is 1. The molecule has 0 unspecified atom stereocenters. The molecule has 0 aromatic carbocycles. The molecule has 0 aromatic heterocycles. The van der Waals surface area contributed by atoms with E-state index in [-0.39, 0.29) is 0 Å². The lowest BCUT2D eigenvalue weighted by Crippen LogP contribution is -1.94. The normalized spacial score (nSPS) is 19.0. The molecule has 0 aliphatic carbocycles. The topological polar surface area (TPSA) is 0 Å². The highest BCUT2D eigenvalue weighted by molar-refractivity contribution is 8.03. The summed E-state index contributed by atoms with van der Waals surface area (Å²) in [5, 5.41) is 0. The van der Waals surface area contributed by atoms with E-state index < -0.39 is 0 Å². The summed E-state index contributed by atoms with van der Waals surface area (Å²) in [4.78, 5) is 1.58. The van der Waals surface area contributed by atoms with Crippen molar-refractivity contribution in [3.8, 4) is 0 Å². The summed E-state index contributed by atoms with van der Waals surface area (Å²) in [5.41, 5.74) is 3.17. The van der Waals surface area contributed by atoms with Crippen LogP contribution in [0, 0.1) is 5.92 Å². The second-order valence-electron chi connectivity index (χ2n) is 3.90. The van der Waals surface area contributed by atoms with Crippen molar-refractivity contribution in [2.45, 2.75) is 40.5 Å². The summed E-state index contributed by atoms with van der Waals surface area (Å²) in [7, 11) is 0.